The minimum Gasteiger partial charge on any atom is -0.403 e. The van der Waals surface area contributed by atoms with E-state index < -0.39 is 5.97 Å². The molecule has 2 aromatic carbocycles. The highest BCUT2D eigenvalue weighted by Gasteiger charge is 2.21. The first kappa shape index (κ1) is 15.4. The largest absolute Gasteiger partial charge is 0.403 e. The standard InChI is InChI=1S/C20H13ClN2O2/c21-15-8-5-13(6-9-15)7-10-19-23-18(20(24)25-19)11-14-12-22-17-4-2-1-3-16(14)17/h1-12,22H. The Kier molecular flexibility index (Phi) is 3.96. The van der Waals surface area contributed by atoms with Crippen LogP contribution in [0.5, 0.6) is 0 Å². The van der Waals surface area contributed by atoms with Gasteiger partial charge in [0.1, 0.15) is 0 Å². The molecule has 0 fully saturated rings. The zero-order chi connectivity index (χ0) is 17.2. The fraction of sp³-hybridized carbons (Fsp3) is 0. The molecule has 0 spiro atoms. The predicted octanol–water partition coefficient (Wildman–Crippen LogP) is 4.83. The summed E-state index contributed by atoms with van der Waals surface area (Å²) in [5.74, 6) is -0.188. The Bertz CT molecular complexity index is 1040. The SMILES string of the molecule is O=C1OC(C=Cc2ccc(Cl)cc2)=NC1=Cc1c[nH]c2ccccc12. The molecule has 0 amide bonds. The number of aliphatic imine (C=N–C) groups is 1. The van der Waals surface area contributed by atoms with Gasteiger partial charge in [0, 0.05) is 33.8 Å². The average molecular weight is 349 g/mol. The first-order chi connectivity index (χ1) is 12.2. The third kappa shape index (κ3) is 3.25. The number of carbonyl (C=O) groups excluding carboxylic acids is 1. The van der Waals surface area contributed by atoms with Gasteiger partial charge in [0.15, 0.2) is 5.70 Å². The first-order valence-corrected chi connectivity index (χ1v) is 8.09. The Morgan fingerprint density at radius 3 is 2.68 bits per heavy atom. The van der Waals surface area contributed by atoms with Gasteiger partial charge in [-0.3, -0.25) is 0 Å². The second-order valence-corrected chi connectivity index (χ2v) is 5.98. The van der Waals surface area contributed by atoms with Crippen LogP contribution in [0.25, 0.3) is 23.1 Å². The van der Waals surface area contributed by atoms with Gasteiger partial charge in [-0.15, -0.1) is 0 Å². The van der Waals surface area contributed by atoms with Crippen molar-refractivity contribution in [3.05, 3.63) is 82.7 Å². The Balaban J connectivity index is 1.60. The highest BCUT2D eigenvalue weighted by atomic mass is 35.5. The van der Waals surface area contributed by atoms with Gasteiger partial charge in [0.2, 0.25) is 5.90 Å². The normalized spacial score (nSPS) is 16.0. The lowest BCUT2D eigenvalue weighted by molar-refractivity contribution is -0.129. The van der Waals surface area contributed by atoms with Crippen molar-refractivity contribution >= 4 is 46.5 Å². The lowest BCUT2D eigenvalue weighted by Crippen LogP contribution is -2.01. The lowest BCUT2D eigenvalue weighted by Gasteiger charge is -1.94. The van der Waals surface area contributed by atoms with Gasteiger partial charge in [-0.25, -0.2) is 9.79 Å². The number of hydrogen-bond donors (Lipinski definition) is 1. The molecule has 0 aliphatic carbocycles. The van der Waals surface area contributed by atoms with E-state index in [-0.39, 0.29) is 11.6 Å². The van der Waals surface area contributed by atoms with Gasteiger partial charge in [0.05, 0.1) is 0 Å². The van der Waals surface area contributed by atoms with Crippen LogP contribution in [0, 0.1) is 0 Å². The number of esters is 1. The van der Waals surface area contributed by atoms with Crippen molar-refractivity contribution in [2.75, 3.05) is 0 Å². The molecular weight excluding hydrogens is 336 g/mol. The second-order valence-electron chi connectivity index (χ2n) is 5.54. The van der Waals surface area contributed by atoms with Gasteiger partial charge in [0.25, 0.3) is 0 Å². The smallest absolute Gasteiger partial charge is 0.363 e. The van der Waals surface area contributed by atoms with E-state index in [0.29, 0.717) is 5.02 Å². The van der Waals surface area contributed by atoms with E-state index in [1.165, 1.54) is 0 Å². The minimum absolute atomic E-state index is 0.269. The van der Waals surface area contributed by atoms with E-state index in [4.69, 9.17) is 16.3 Å². The Hall–Kier alpha value is -3.11. The third-order valence-corrected chi connectivity index (χ3v) is 4.09. The van der Waals surface area contributed by atoms with Gasteiger partial charge in [-0.1, -0.05) is 41.9 Å². The van der Waals surface area contributed by atoms with Gasteiger partial charge < -0.3 is 9.72 Å². The quantitative estimate of drug-likeness (QED) is 0.544. The maximum Gasteiger partial charge on any atom is 0.363 e. The lowest BCUT2D eigenvalue weighted by atomic mass is 10.1. The van der Waals surface area contributed by atoms with Crippen LogP contribution in [0.4, 0.5) is 0 Å². The van der Waals surface area contributed by atoms with Crippen molar-refractivity contribution in [3.63, 3.8) is 0 Å². The van der Waals surface area contributed by atoms with E-state index in [2.05, 4.69) is 9.98 Å². The van der Waals surface area contributed by atoms with E-state index in [0.717, 1.165) is 22.0 Å². The number of carbonyl (C=O) groups is 1. The second kappa shape index (κ2) is 6.42. The van der Waals surface area contributed by atoms with Crippen LogP contribution in [-0.2, 0) is 9.53 Å². The molecule has 2 heterocycles. The molecule has 1 aromatic heterocycles. The van der Waals surface area contributed by atoms with Crippen LogP contribution in [0.15, 0.2) is 71.5 Å². The number of hydrogen-bond acceptors (Lipinski definition) is 3. The van der Waals surface area contributed by atoms with Crippen molar-refractivity contribution < 1.29 is 9.53 Å². The van der Waals surface area contributed by atoms with Crippen molar-refractivity contribution in [1.82, 2.24) is 4.98 Å². The molecule has 1 aliphatic rings. The number of benzene rings is 2. The molecule has 1 aliphatic heterocycles. The topological polar surface area (TPSA) is 54.4 Å². The fourth-order valence-electron chi connectivity index (χ4n) is 2.60. The molecule has 0 atom stereocenters. The predicted molar refractivity (Wildman–Crippen MR) is 100 cm³/mol. The molecule has 0 saturated carbocycles. The van der Waals surface area contributed by atoms with Crippen LogP contribution in [-0.4, -0.2) is 16.9 Å². The number of fused-ring (bicyclic) bond motifs is 1. The highest BCUT2D eigenvalue weighted by Crippen LogP contribution is 2.23. The Morgan fingerprint density at radius 2 is 1.84 bits per heavy atom. The summed E-state index contributed by atoms with van der Waals surface area (Å²) in [7, 11) is 0. The van der Waals surface area contributed by atoms with Crippen LogP contribution in [0.3, 0.4) is 0 Å². The van der Waals surface area contributed by atoms with Crippen LogP contribution >= 0.6 is 11.6 Å². The molecule has 25 heavy (non-hydrogen) atoms. The summed E-state index contributed by atoms with van der Waals surface area (Å²) in [6.45, 7) is 0. The zero-order valence-electron chi connectivity index (χ0n) is 13.1. The Labute approximate surface area is 149 Å². The summed E-state index contributed by atoms with van der Waals surface area (Å²) in [6.07, 6.45) is 7.06. The summed E-state index contributed by atoms with van der Waals surface area (Å²) in [5.41, 5.74) is 3.12. The van der Waals surface area contributed by atoms with Crippen molar-refractivity contribution in [1.29, 1.82) is 0 Å². The third-order valence-electron chi connectivity index (χ3n) is 3.84. The highest BCUT2D eigenvalue weighted by molar-refractivity contribution is 6.30. The number of para-hydroxylation sites is 1. The minimum atomic E-state index is -0.457. The van der Waals surface area contributed by atoms with Crippen LogP contribution in [0.1, 0.15) is 11.1 Å². The molecule has 122 valence electrons. The average Bonchev–Trinajstić information content (AvgIpc) is 3.19. The van der Waals surface area contributed by atoms with E-state index in [1.807, 2.05) is 48.7 Å². The molecule has 5 heteroatoms. The van der Waals surface area contributed by atoms with Gasteiger partial charge >= 0.3 is 5.97 Å². The van der Waals surface area contributed by atoms with E-state index in [1.54, 1.807) is 24.3 Å². The summed E-state index contributed by atoms with van der Waals surface area (Å²) >= 11 is 5.86. The number of halogens is 1. The summed E-state index contributed by atoms with van der Waals surface area (Å²) < 4.78 is 5.20. The molecule has 3 aromatic rings. The molecule has 1 N–H and O–H groups in total. The molecular formula is C20H13ClN2O2. The molecule has 0 saturated heterocycles. The maximum atomic E-state index is 12.0. The number of cyclic esters (lactones) is 1. The molecule has 0 radical (unpaired) electrons. The number of nitrogens with zero attached hydrogens (tertiary/aromatic N) is 1. The number of H-pyrrole nitrogens is 1. The van der Waals surface area contributed by atoms with Gasteiger partial charge in [-0.05, 0) is 35.9 Å². The number of ether oxygens (including phenoxy) is 1. The zero-order valence-corrected chi connectivity index (χ0v) is 13.8. The number of rotatable bonds is 3. The molecule has 0 bridgehead atoms. The van der Waals surface area contributed by atoms with Crippen LogP contribution in [0.2, 0.25) is 5.02 Å². The fourth-order valence-corrected chi connectivity index (χ4v) is 2.72. The maximum absolute atomic E-state index is 12.0. The number of aromatic nitrogens is 1. The summed E-state index contributed by atoms with van der Waals surface area (Å²) in [5, 5.41) is 1.70. The first-order valence-electron chi connectivity index (χ1n) is 7.71. The molecule has 0 unspecified atom stereocenters. The van der Waals surface area contributed by atoms with E-state index >= 15 is 0 Å². The van der Waals surface area contributed by atoms with Crippen molar-refractivity contribution in [2.24, 2.45) is 4.99 Å². The van der Waals surface area contributed by atoms with Crippen molar-refractivity contribution in [2.45, 2.75) is 0 Å². The van der Waals surface area contributed by atoms with Gasteiger partial charge in [-0.2, -0.15) is 0 Å². The monoisotopic (exact) mass is 348 g/mol. The number of aromatic amines is 1. The molecule has 4 rings (SSSR count). The Morgan fingerprint density at radius 1 is 1.04 bits per heavy atom. The van der Waals surface area contributed by atoms with E-state index in [9.17, 15) is 4.79 Å². The summed E-state index contributed by atoms with van der Waals surface area (Å²) in [6, 6.07) is 15.2. The summed E-state index contributed by atoms with van der Waals surface area (Å²) in [4.78, 5) is 19.5. The number of nitrogens with one attached hydrogen (secondary N) is 1. The molecule has 4 nitrogen and oxygen atoms in total. The van der Waals surface area contributed by atoms with Crippen molar-refractivity contribution in [3.8, 4) is 0 Å². The van der Waals surface area contributed by atoms with Crippen LogP contribution < -0.4 is 0 Å².